The Labute approximate surface area is 119 Å². The van der Waals surface area contributed by atoms with Gasteiger partial charge >= 0.3 is 0 Å². The number of amides is 1. The molecule has 1 heterocycles. The normalized spacial score (nSPS) is 14.2. The highest BCUT2D eigenvalue weighted by Gasteiger charge is 2.19. The number of carbonyl (C=O) groups excluding carboxylic acids is 1. The third kappa shape index (κ3) is 3.20. The number of aromatic nitrogens is 1. The van der Waals surface area contributed by atoms with Crippen molar-refractivity contribution >= 4 is 16.8 Å². The summed E-state index contributed by atoms with van der Waals surface area (Å²) in [5, 5.41) is 13.8. The van der Waals surface area contributed by atoms with E-state index in [9.17, 15) is 9.90 Å². The molecule has 2 rings (SSSR count). The van der Waals surface area contributed by atoms with Crippen LogP contribution in [0.5, 0.6) is 0 Å². The van der Waals surface area contributed by atoms with Crippen molar-refractivity contribution in [1.29, 1.82) is 0 Å². The molecule has 108 valence electrons. The third-order valence-electron chi connectivity index (χ3n) is 3.79. The Balaban J connectivity index is 2.09. The topological polar surface area (TPSA) is 65.1 Å². The molecule has 0 bridgehead atoms. The van der Waals surface area contributed by atoms with Crippen LogP contribution < -0.4 is 5.32 Å². The van der Waals surface area contributed by atoms with Crippen LogP contribution in [0, 0.1) is 6.92 Å². The lowest BCUT2D eigenvalue weighted by Gasteiger charge is -2.21. The zero-order chi connectivity index (χ0) is 14.8. The first-order valence-electron chi connectivity index (χ1n) is 6.98. The summed E-state index contributed by atoms with van der Waals surface area (Å²) < 4.78 is 0. The van der Waals surface area contributed by atoms with Gasteiger partial charge in [-0.25, -0.2) is 0 Å². The van der Waals surface area contributed by atoms with Gasteiger partial charge < -0.3 is 15.4 Å². The van der Waals surface area contributed by atoms with Gasteiger partial charge in [0.05, 0.1) is 12.0 Å². The molecule has 1 unspecified atom stereocenters. The number of aryl methyl sites for hydroxylation is 1. The van der Waals surface area contributed by atoms with Gasteiger partial charge in [0.25, 0.3) is 0 Å². The molecule has 0 fully saturated rings. The summed E-state index contributed by atoms with van der Waals surface area (Å²) in [7, 11) is 0. The molecule has 0 aliphatic carbocycles. The molecule has 0 aliphatic heterocycles. The van der Waals surface area contributed by atoms with Crippen LogP contribution in [0.2, 0.25) is 0 Å². The molecule has 20 heavy (non-hydrogen) atoms. The van der Waals surface area contributed by atoms with Crippen LogP contribution in [0.15, 0.2) is 24.3 Å². The first-order chi connectivity index (χ1) is 9.43. The maximum atomic E-state index is 12.0. The van der Waals surface area contributed by atoms with E-state index in [2.05, 4.69) is 10.3 Å². The molecular weight excluding hydrogens is 252 g/mol. The van der Waals surface area contributed by atoms with Gasteiger partial charge in [0.2, 0.25) is 5.91 Å². The maximum absolute atomic E-state index is 12.0. The van der Waals surface area contributed by atoms with E-state index in [1.165, 1.54) is 0 Å². The molecule has 0 radical (unpaired) electrons. The number of rotatable bonds is 5. The minimum atomic E-state index is -0.842. The van der Waals surface area contributed by atoms with E-state index in [0.29, 0.717) is 12.8 Å². The van der Waals surface area contributed by atoms with Gasteiger partial charge in [-0.05, 0) is 31.9 Å². The molecular formula is C16H22N2O2. The van der Waals surface area contributed by atoms with E-state index in [0.717, 1.165) is 22.2 Å². The van der Waals surface area contributed by atoms with Crippen LogP contribution in [-0.2, 0) is 11.2 Å². The predicted molar refractivity (Wildman–Crippen MR) is 80.7 cm³/mol. The summed E-state index contributed by atoms with van der Waals surface area (Å²) in [5.74, 6) is -0.0634. The van der Waals surface area contributed by atoms with Crippen LogP contribution in [0.3, 0.4) is 0 Å². The Morgan fingerprint density at radius 2 is 2.10 bits per heavy atom. The lowest BCUT2D eigenvalue weighted by Crippen LogP contribution is -2.40. The van der Waals surface area contributed by atoms with E-state index < -0.39 is 5.60 Å². The highest BCUT2D eigenvalue weighted by atomic mass is 16.3. The van der Waals surface area contributed by atoms with E-state index >= 15 is 0 Å². The molecule has 0 aliphatic rings. The van der Waals surface area contributed by atoms with Gasteiger partial charge in [0, 0.05) is 23.1 Å². The Bertz CT molecular complexity index is 614. The Kier molecular flexibility index (Phi) is 4.14. The average molecular weight is 274 g/mol. The number of aliphatic hydroxyl groups is 1. The number of nitrogens with one attached hydrogen (secondary N) is 2. The summed E-state index contributed by atoms with van der Waals surface area (Å²) >= 11 is 0. The molecule has 0 spiro atoms. The lowest BCUT2D eigenvalue weighted by molar-refractivity contribution is -0.121. The van der Waals surface area contributed by atoms with Crippen LogP contribution in [0.1, 0.15) is 31.5 Å². The number of hydrogen-bond acceptors (Lipinski definition) is 2. The van der Waals surface area contributed by atoms with E-state index in [-0.39, 0.29) is 12.5 Å². The van der Waals surface area contributed by atoms with Crippen LogP contribution >= 0.6 is 0 Å². The van der Waals surface area contributed by atoms with Crippen molar-refractivity contribution in [3.05, 3.63) is 35.5 Å². The minimum Gasteiger partial charge on any atom is -0.388 e. The second-order valence-electron chi connectivity index (χ2n) is 5.58. The molecule has 4 nitrogen and oxygen atoms in total. The van der Waals surface area contributed by atoms with Crippen molar-refractivity contribution < 1.29 is 9.90 Å². The van der Waals surface area contributed by atoms with E-state index in [1.807, 2.05) is 38.1 Å². The smallest absolute Gasteiger partial charge is 0.224 e. The van der Waals surface area contributed by atoms with E-state index in [1.54, 1.807) is 6.92 Å². The second-order valence-corrected chi connectivity index (χ2v) is 5.58. The van der Waals surface area contributed by atoms with Gasteiger partial charge in [-0.2, -0.15) is 0 Å². The molecule has 0 saturated carbocycles. The van der Waals surface area contributed by atoms with Crippen molar-refractivity contribution in [2.24, 2.45) is 0 Å². The quantitative estimate of drug-likeness (QED) is 0.783. The highest BCUT2D eigenvalue weighted by molar-refractivity contribution is 5.90. The summed E-state index contributed by atoms with van der Waals surface area (Å²) in [5.41, 5.74) is 2.25. The van der Waals surface area contributed by atoms with Crippen LogP contribution in [0.4, 0.5) is 0 Å². The number of para-hydroxylation sites is 1. The van der Waals surface area contributed by atoms with Crippen molar-refractivity contribution in [3.8, 4) is 0 Å². The van der Waals surface area contributed by atoms with Crippen molar-refractivity contribution in [2.45, 2.75) is 39.2 Å². The number of hydrogen-bond donors (Lipinski definition) is 3. The van der Waals surface area contributed by atoms with Gasteiger partial charge in [-0.3, -0.25) is 4.79 Å². The molecule has 2 aromatic rings. The Morgan fingerprint density at radius 1 is 1.40 bits per heavy atom. The van der Waals surface area contributed by atoms with Crippen molar-refractivity contribution in [2.75, 3.05) is 6.54 Å². The molecule has 3 N–H and O–H groups in total. The summed E-state index contributed by atoms with van der Waals surface area (Å²) in [4.78, 5) is 15.3. The fourth-order valence-electron chi connectivity index (χ4n) is 2.20. The van der Waals surface area contributed by atoms with E-state index in [4.69, 9.17) is 0 Å². The fourth-order valence-corrected chi connectivity index (χ4v) is 2.20. The number of carbonyl (C=O) groups is 1. The predicted octanol–water partition coefficient (Wildman–Crippen LogP) is 2.30. The highest BCUT2D eigenvalue weighted by Crippen LogP contribution is 2.22. The summed E-state index contributed by atoms with van der Waals surface area (Å²) in [6.45, 7) is 5.88. The molecule has 1 atom stereocenters. The monoisotopic (exact) mass is 274 g/mol. The first-order valence-corrected chi connectivity index (χ1v) is 6.98. The number of H-pyrrole nitrogens is 1. The SMILES string of the molecule is CCC(C)(O)CNC(=O)Cc1c(C)[nH]c2ccccc12. The molecule has 1 aromatic carbocycles. The van der Waals surface area contributed by atoms with Gasteiger partial charge in [0.15, 0.2) is 0 Å². The number of benzene rings is 1. The van der Waals surface area contributed by atoms with Crippen LogP contribution in [-0.4, -0.2) is 28.1 Å². The lowest BCUT2D eigenvalue weighted by atomic mass is 10.0. The standard InChI is InChI=1S/C16H22N2O2/c1-4-16(3,20)10-17-15(19)9-13-11(2)18-14-8-6-5-7-12(13)14/h5-8,18,20H,4,9-10H2,1-3H3,(H,17,19). The minimum absolute atomic E-state index is 0.0634. The van der Waals surface area contributed by atoms with Crippen molar-refractivity contribution in [3.63, 3.8) is 0 Å². The largest absolute Gasteiger partial charge is 0.388 e. The summed E-state index contributed by atoms with van der Waals surface area (Å²) in [6.07, 6.45) is 0.940. The first kappa shape index (κ1) is 14.6. The Hall–Kier alpha value is -1.81. The molecule has 0 saturated heterocycles. The zero-order valence-electron chi connectivity index (χ0n) is 12.3. The third-order valence-corrected chi connectivity index (χ3v) is 3.79. The van der Waals surface area contributed by atoms with Gasteiger partial charge in [-0.1, -0.05) is 25.1 Å². The Morgan fingerprint density at radius 3 is 2.80 bits per heavy atom. The van der Waals surface area contributed by atoms with Gasteiger partial charge in [0.1, 0.15) is 0 Å². The average Bonchev–Trinajstić information content (AvgIpc) is 2.73. The van der Waals surface area contributed by atoms with Crippen LogP contribution in [0.25, 0.3) is 10.9 Å². The van der Waals surface area contributed by atoms with Gasteiger partial charge in [-0.15, -0.1) is 0 Å². The second kappa shape index (κ2) is 5.67. The molecule has 1 aromatic heterocycles. The fraction of sp³-hybridized carbons (Fsp3) is 0.438. The molecule has 4 heteroatoms. The maximum Gasteiger partial charge on any atom is 0.224 e. The summed E-state index contributed by atoms with van der Waals surface area (Å²) in [6, 6.07) is 7.97. The number of fused-ring (bicyclic) bond motifs is 1. The molecule has 1 amide bonds. The van der Waals surface area contributed by atoms with Crippen molar-refractivity contribution in [1.82, 2.24) is 10.3 Å². The zero-order valence-corrected chi connectivity index (χ0v) is 12.3. The number of aromatic amines is 1.